The van der Waals surface area contributed by atoms with E-state index < -0.39 is 0 Å². The van der Waals surface area contributed by atoms with Gasteiger partial charge in [0.15, 0.2) is 0 Å². The standard InChI is InChI=1S/C21H26N6/c1-14-4-5-15(2)16(12-14)6-7-18(22)19-20(23)24-13-25-21(19)26-17-8-10-27(3)11-9-17/h4-5,12-13,17,22H,8-11H2,1-3H3,(H3,23,24,25,26). The first kappa shape index (κ1) is 18.9. The lowest BCUT2D eigenvalue weighted by molar-refractivity contribution is 0.263. The molecule has 1 aromatic carbocycles. The van der Waals surface area contributed by atoms with E-state index in [0.717, 1.165) is 42.6 Å². The highest BCUT2D eigenvalue weighted by molar-refractivity contribution is 6.16. The molecule has 6 heteroatoms. The smallest absolute Gasteiger partial charge is 0.141 e. The molecule has 0 saturated carbocycles. The van der Waals surface area contributed by atoms with Crippen molar-refractivity contribution in [2.24, 2.45) is 0 Å². The second-order valence-electron chi connectivity index (χ2n) is 7.15. The lowest BCUT2D eigenvalue weighted by Gasteiger charge is -2.30. The van der Waals surface area contributed by atoms with Crippen molar-refractivity contribution in [3.63, 3.8) is 0 Å². The highest BCUT2D eigenvalue weighted by atomic mass is 15.1. The predicted octanol–water partition coefficient (Wildman–Crippen LogP) is 2.60. The summed E-state index contributed by atoms with van der Waals surface area (Å²) in [5, 5.41) is 11.9. The van der Waals surface area contributed by atoms with E-state index in [2.05, 4.69) is 45.1 Å². The Balaban J connectivity index is 1.85. The summed E-state index contributed by atoms with van der Waals surface area (Å²) in [4.78, 5) is 10.7. The number of benzene rings is 1. The Bertz CT molecular complexity index is 901. The molecule has 1 fully saturated rings. The minimum Gasteiger partial charge on any atom is -0.383 e. The average Bonchev–Trinajstić information content (AvgIpc) is 2.64. The number of nitrogens with two attached hydrogens (primary N) is 1. The second-order valence-corrected chi connectivity index (χ2v) is 7.15. The summed E-state index contributed by atoms with van der Waals surface area (Å²) < 4.78 is 0. The fourth-order valence-corrected chi connectivity index (χ4v) is 3.16. The van der Waals surface area contributed by atoms with E-state index in [-0.39, 0.29) is 11.5 Å². The summed E-state index contributed by atoms with van der Waals surface area (Å²) in [7, 11) is 2.13. The Morgan fingerprint density at radius 3 is 2.74 bits per heavy atom. The normalized spacial score (nSPS) is 15.1. The van der Waals surface area contributed by atoms with Gasteiger partial charge in [-0.15, -0.1) is 0 Å². The van der Waals surface area contributed by atoms with Gasteiger partial charge in [0, 0.05) is 11.6 Å². The molecule has 2 heterocycles. The van der Waals surface area contributed by atoms with Gasteiger partial charge in [-0.25, -0.2) is 9.97 Å². The number of anilines is 2. The molecule has 3 rings (SSSR count). The van der Waals surface area contributed by atoms with Gasteiger partial charge >= 0.3 is 0 Å². The Morgan fingerprint density at radius 2 is 2.00 bits per heavy atom. The van der Waals surface area contributed by atoms with Crippen LogP contribution in [0.15, 0.2) is 24.5 Å². The van der Waals surface area contributed by atoms with Crippen LogP contribution in [0.2, 0.25) is 0 Å². The van der Waals surface area contributed by atoms with Crippen molar-refractivity contribution in [2.45, 2.75) is 32.7 Å². The highest BCUT2D eigenvalue weighted by Gasteiger charge is 2.20. The van der Waals surface area contributed by atoms with Crippen LogP contribution in [0.25, 0.3) is 0 Å². The first-order chi connectivity index (χ1) is 12.9. The van der Waals surface area contributed by atoms with Crippen LogP contribution in [0.3, 0.4) is 0 Å². The third-order valence-electron chi connectivity index (χ3n) is 4.90. The second kappa shape index (κ2) is 8.19. The molecule has 0 bridgehead atoms. The highest BCUT2D eigenvalue weighted by Crippen LogP contribution is 2.21. The molecule has 0 amide bonds. The molecule has 1 saturated heterocycles. The van der Waals surface area contributed by atoms with Crippen molar-refractivity contribution in [1.29, 1.82) is 5.41 Å². The molecule has 1 aliphatic heterocycles. The molecule has 4 N–H and O–H groups in total. The van der Waals surface area contributed by atoms with Crippen molar-refractivity contribution < 1.29 is 0 Å². The van der Waals surface area contributed by atoms with Crippen LogP contribution < -0.4 is 11.1 Å². The van der Waals surface area contributed by atoms with Crippen molar-refractivity contribution >= 4 is 17.3 Å². The van der Waals surface area contributed by atoms with Gasteiger partial charge in [-0.3, -0.25) is 5.41 Å². The number of aromatic nitrogens is 2. The molecule has 1 aliphatic rings. The molecule has 2 aromatic rings. The third kappa shape index (κ3) is 4.63. The third-order valence-corrected chi connectivity index (χ3v) is 4.90. The van der Waals surface area contributed by atoms with Gasteiger partial charge in [0.25, 0.3) is 0 Å². The predicted molar refractivity (Wildman–Crippen MR) is 110 cm³/mol. The summed E-state index contributed by atoms with van der Waals surface area (Å²) in [5.74, 6) is 6.90. The summed E-state index contributed by atoms with van der Waals surface area (Å²) in [5.41, 5.74) is 9.82. The van der Waals surface area contributed by atoms with Gasteiger partial charge < -0.3 is 16.0 Å². The molecule has 0 aliphatic carbocycles. The fraction of sp³-hybridized carbons (Fsp3) is 0.381. The zero-order valence-corrected chi connectivity index (χ0v) is 16.1. The van der Waals surface area contributed by atoms with E-state index in [4.69, 9.17) is 11.1 Å². The number of rotatable bonds is 3. The minimum absolute atomic E-state index is 0.129. The lowest BCUT2D eigenvalue weighted by atomic mass is 10.0. The van der Waals surface area contributed by atoms with E-state index >= 15 is 0 Å². The van der Waals surface area contributed by atoms with Crippen LogP contribution in [0.4, 0.5) is 11.6 Å². The minimum atomic E-state index is 0.129. The summed E-state index contributed by atoms with van der Waals surface area (Å²) >= 11 is 0. The van der Waals surface area contributed by atoms with E-state index in [1.165, 1.54) is 6.33 Å². The van der Waals surface area contributed by atoms with E-state index in [9.17, 15) is 0 Å². The number of piperidine rings is 1. The molecular formula is C21H26N6. The number of aryl methyl sites for hydroxylation is 2. The van der Waals surface area contributed by atoms with Crippen LogP contribution in [0.5, 0.6) is 0 Å². The number of nitrogen functional groups attached to an aromatic ring is 1. The molecular weight excluding hydrogens is 336 g/mol. The molecule has 140 valence electrons. The Labute approximate surface area is 160 Å². The summed E-state index contributed by atoms with van der Waals surface area (Å²) in [6.07, 6.45) is 3.49. The average molecular weight is 362 g/mol. The summed E-state index contributed by atoms with van der Waals surface area (Å²) in [6.45, 7) is 6.12. The molecule has 0 unspecified atom stereocenters. The zero-order chi connectivity index (χ0) is 19.4. The number of hydrogen-bond acceptors (Lipinski definition) is 6. The Kier molecular flexibility index (Phi) is 5.72. The molecule has 27 heavy (non-hydrogen) atoms. The Hall–Kier alpha value is -2.91. The van der Waals surface area contributed by atoms with Gasteiger partial charge in [-0.05, 0) is 69.9 Å². The number of hydrogen-bond donors (Lipinski definition) is 3. The SMILES string of the molecule is Cc1ccc(C)c(C#CC(=N)c2c(N)ncnc2NC2CCN(C)CC2)c1. The van der Waals surface area contributed by atoms with Gasteiger partial charge in [-0.1, -0.05) is 18.1 Å². The quantitative estimate of drug-likeness (QED) is 0.577. The molecule has 0 atom stereocenters. The van der Waals surface area contributed by atoms with Gasteiger partial charge in [0.05, 0.1) is 5.56 Å². The number of nitrogens with one attached hydrogen (secondary N) is 2. The summed E-state index contributed by atoms with van der Waals surface area (Å²) in [6, 6.07) is 6.43. The van der Waals surface area contributed by atoms with E-state index in [1.54, 1.807) is 0 Å². The van der Waals surface area contributed by atoms with Crippen molar-refractivity contribution in [3.05, 3.63) is 46.8 Å². The van der Waals surface area contributed by atoms with Crippen molar-refractivity contribution in [3.8, 4) is 11.8 Å². The van der Waals surface area contributed by atoms with Crippen LogP contribution in [0.1, 0.15) is 35.1 Å². The largest absolute Gasteiger partial charge is 0.383 e. The monoisotopic (exact) mass is 362 g/mol. The molecule has 6 nitrogen and oxygen atoms in total. The Morgan fingerprint density at radius 1 is 1.26 bits per heavy atom. The number of nitrogens with zero attached hydrogens (tertiary/aromatic N) is 3. The topological polar surface area (TPSA) is 90.9 Å². The van der Waals surface area contributed by atoms with Crippen molar-refractivity contribution in [1.82, 2.24) is 14.9 Å². The van der Waals surface area contributed by atoms with Crippen molar-refractivity contribution in [2.75, 3.05) is 31.2 Å². The maximum Gasteiger partial charge on any atom is 0.141 e. The van der Waals surface area contributed by atoms with Gasteiger partial charge in [-0.2, -0.15) is 0 Å². The van der Waals surface area contributed by atoms with Gasteiger partial charge in [0.1, 0.15) is 23.7 Å². The molecule has 0 spiro atoms. The fourth-order valence-electron chi connectivity index (χ4n) is 3.16. The van der Waals surface area contributed by atoms with Crippen LogP contribution in [-0.2, 0) is 0 Å². The zero-order valence-electron chi connectivity index (χ0n) is 16.1. The maximum absolute atomic E-state index is 8.45. The lowest BCUT2D eigenvalue weighted by Crippen LogP contribution is -2.37. The first-order valence-corrected chi connectivity index (χ1v) is 9.18. The number of likely N-dealkylation sites (tertiary alicyclic amines) is 1. The molecule has 0 radical (unpaired) electrons. The van der Waals surface area contributed by atoms with Crippen LogP contribution in [0, 0.1) is 31.1 Å². The first-order valence-electron chi connectivity index (χ1n) is 9.18. The van der Waals surface area contributed by atoms with Crippen LogP contribution in [-0.4, -0.2) is 46.8 Å². The van der Waals surface area contributed by atoms with Crippen LogP contribution >= 0.6 is 0 Å². The van der Waals surface area contributed by atoms with Gasteiger partial charge in [0.2, 0.25) is 0 Å². The molecule has 1 aromatic heterocycles. The maximum atomic E-state index is 8.45. The van der Waals surface area contributed by atoms with E-state index in [0.29, 0.717) is 17.4 Å². The van der Waals surface area contributed by atoms with E-state index in [1.807, 2.05) is 26.0 Å².